The predicted molar refractivity (Wildman–Crippen MR) is 85.2 cm³/mol. The normalized spacial score (nSPS) is 17.8. The Morgan fingerprint density at radius 2 is 2.09 bits per heavy atom. The molecule has 1 atom stereocenters. The van der Waals surface area contributed by atoms with Gasteiger partial charge in [-0.15, -0.1) is 0 Å². The third kappa shape index (κ3) is 3.79. The van der Waals surface area contributed by atoms with Crippen molar-refractivity contribution in [3.05, 3.63) is 59.1 Å². The first-order valence-corrected chi connectivity index (χ1v) is 7.82. The minimum absolute atomic E-state index is 0.112. The number of hydrogen-bond donors (Lipinski definition) is 0. The standard InChI is InChI=1S/C17H16ClFN2O2/c18-15-10-20-8-7-16(15)23-14-2-1-9-21(11-14)17(22)12-3-5-13(19)6-4-12/h3-8,10,14H,1-2,9,11H2/t14-/m0/s1. The van der Waals surface area contributed by atoms with E-state index >= 15 is 0 Å². The Morgan fingerprint density at radius 3 is 2.83 bits per heavy atom. The zero-order valence-electron chi connectivity index (χ0n) is 12.4. The van der Waals surface area contributed by atoms with E-state index < -0.39 is 0 Å². The van der Waals surface area contributed by atoms with Crippen LogP contribution in [-0.2, 0) is 0 Å². The van der Waals surface area contributed by atoms with Gasteiger partial charge in [-0.3, -0.25) is 9.78 Å². The number of hydrogen-bond acceptors (Lipinski definition) is 3. The molecule has 0 unspecified atom stereocenters. The Hall–Kier alpha value is -2.14. The summed E-state index contributed by atoms with van der Waals surface area (Å²) in [6, 6.07) is 7.30. The van der Waals surface area contributed by atoms with E-state index in [0.29, 0.717) is 29.4 Å². The maximum absolute atomic E-state index is 13.0. The Kier molecular flexibility index (Phi) is 4.76. The zero-order valence-corrected chi connectivity index (χ0v) is 13.2. The largest absolute Gasteiger partial charge is 0.487 e. The van der Waals surface area contributed by atoms with Crippen LogP contribution in [0.25, 0.3) is 0 Å². The number of nitrogens with zero attached hydrogens (tertiary/aromatic N) is 2. The van der Waals surface area contributed by atoms with Crippen molar-refractivity contribution < 1.29 is 13.9 Å². The summed E-state index contributed by atoms with van der Waals surface area (Å²) in [6.45, 7) is 1.15. The fraction of sp³-hybridized carbons (Fsp3) is 0.294. The van der Waals surface area contributed by atoms with Gasteiger partial charge in [-0.25, -0.2) is 4.39 Å². The summed E-state index contributed by atoms with van der Waals surface area (Å²) in [5.41, 5.74) is 0.481. The first-order valence-electron chi connectivity index (χ1n) is 7.44. The highest BCUT2D eigenvalue weighted by Crippen LogP contribution is 2.26. The van der Waals surface area contributed by atoms with Gasteiger partial charge in [-0.1, -0.05) is 11.6 Å². The molecule has 1 aliphatic heterocycles. The number of piperidine rings is 1. The van der Waals surface area contributed by atoms with E-state index in [-0.39, 0.29) is 17.8 Å². The average molecular weight is 335 g/mol. The lowest BCUT2D eigenvalue weighted by molar-refractivity contribution is 0.0538. The molecule has 1 saturated heterocycles. The Morgan fingerprint density at radius 1 is 1.30 bits per heavy atom. The summed E-state index contributed by atoms with van der Waals surface area (Å²) in [4.78, 5) is 18.1. The van der Waals surface area contributed by atoms with E-state index in [1.807, 2.05) is 0 Å². The van der Waals surface area contributed by atoms with Gasteiger partial charge >= 0.3 is 0 Å². The second-order valence-electron chi connectivity index (χ2n) is 5.45. The molecule has 1 amide bonds. The maximum Gasteiger partial charge on any atom is 0.253 e. The van der Waals surface area contributed by atoms with Gasteiger partial charge in [0.1, 0.15) is 22.7 Å². The number of aromatic nitrogens is 1. The van der Waals surface area contributed by atoms with E-state index in [0.717, 1.165) is 12.8 Å². The van der Waals surface area contributed by atoms with Crippen molar-refractivity contribution in [1.82, 2.24) is 9.88 Å². The van der Waals surface area contributed by atoms with Crippen molar-refractivity contribution in [3.8, 4) is 5.75 Å². The lowest BCUT2D eigenvalue weighted by Gasteiger charge is -2.33. The lowest BCUT2D eigenvalue weighted by atomic mass is 10.1. The topological polar surface area (TPSA) is 42.4 Å². The first-order chi connectivity index (χ1) is 11.1. The minimum atomic E-state index is -0.353. The molecule has 4 nitrogen and oxygen atoms in total. The number of likely N-dealkylation sites (tertiary alicyclic amines) is 1. The molecule has 0 bridgehead atoms. The van der Waals surface area contributed by atoms with Crippen LogP contribution in [0.3, 0.4) is 0 Å². The number of ether oxygens (including phenoxy) is 1. The molecule has 1 aliphatic rings. The van der Waals surface area contributed by atoms with Crippen molar-refractivity contribution in [1.29, 1.82) is 0 Å². The fourth-order valence-electron chi connectivity index (χ4n) is 2.63. The van der Waals surface area contributed by atoms with Crippen molar-refractivity contribution in [2.75, 3.05) is 13.1 Å². The molecule has 1 aromatic carbocycles. The molecule has 1 aromatic heterocycles. The van der Waals surface area contributed by atoms with Crippen LogP contribution in [0.15, 0.2) is 42.7 Å². The summed E-state index contributed by atoms with van der Waals surface area (Å²) >= 11 is 6.05. The zero-order chi connectivity index (χ0) is 16.2. The highest BCUT2D eigenvalue weighted by molar-refractivity contribution is 6.31. The van der Waals surface area contributed by atoms with Gasteiger partial charge in [0.2, 0.25) is 0 Å². The number of carbonyl (C=O) groups excluding carboxylic acids is 1. The lowest BCUT2D eigenvalue weighted by Crippen LogP contribution is -2.44. The fourth-order valence-corrected chi connectivity index (χ4v) is 2.80. The highest BCUT2D eigenvalue weighted by Gasteiger charge is 2.26. The van der Waals surface area contributed by atoms with E-state index in [9.17, 15) is 9.18 Å². The summed E-state index contributed by atoms with van der Waals surface area (Å²) in [7, 11) is 0. The third-order valence-corrected chi connectivity index (χ3v) is 4.07. The number of carbonyl (C=O) groups is 1. The van der Waals surface area contributed by atoms with Crippen LogP contribution in [0.5, 0.6) is 5.75 Å². The Balaban J connectivity index is 1.67. The molecule has 3 rings (SSSR count). The molecule has 6 heteroatoms. The van der Waals surface area contributed by atoms with E-state index in [2.05, 4.69) is 4.98 Å². The average Bonchev–Trinajstić information content (AvgIpc) is 2.57. The molecule has 0 radical (unpaired) electrons. The number of benzene rings is 1. The summed E-state index contributed by atoms with van der Waals surface area (Å²) in [5, 5.41) is 0.453. The van der Waals surface area contributed by atoms with Crippen LogP contribution in [0, 0.1) is 5.82 Å². The maximum atomic E-state index is 13.0. The highest BCUT2D eigenvalue weighted by atomic mass is 35.5. The third-order valence-electron chi connectivity index (χ3n) is 3.79. The Bertz CT molecular complexity index is 693. The molecule has 120 valence electrons. The van der Waals surface area contributed by atoms with Crippen LogP contribution in [0.2, 0.25) is 5.02 Å². The van der Waals surface area contributed by atoms with Crippen LogP contribution < -0.4 is 4.74 Å². The summed E-state index contributed by atoms with van der Waals surface area (Å²) in [6.07, 6.45) is 4.73. The van der Waals surface area contributed by atoms with Crippen LogP contribution in [0.4, 0.5) is 4.39 Å². The quantitative estimate of drug-likeness (QED) is 0.862. The molecule has 2 heterocycles. The molecular weight excluding hydrogens is 319 g/mol. The van der Waals surface area contributed by atoms with Crippen molar-refractivity contribution in [2.24, 2.45) is 0 Å². The molecule has 23 heavy (non-hydrogen) atoms. The molecule has 0 aliphatic carbocycles. The van der Waals surface area contributed by atoms with Gasteiger partial charge in [0.25, 0.3) is 5.91 Å². The first kappa shape index (κ1) is 15.7. The van der Waals surface area contributed by atoms with Crippen LogP contribution in [0.1, 0.15) is 23.2 Å². The van der Waals surface area contributed by atoms with E-state index in [1.165, 1.54) is 30.5 Å². The Labute approximate surface area is 138 Å². The van der Waals surface area contributed by atoms with E-state index in [4.69, 9.17) is 16.3 Å². The van der Waals surface area contributed by atoms with E-state index in [1.54, 1.807) is 17.2 Å². The number of pyridine rings is 1. The van der Waals surface area contributed by atoms with Gasteiger partial charge in [0.15, 0.2) is 0 Å². The number of rotatable bonds is 3. The van der Waals surface area contributed by atoms with Gasteiger partial charge in [-0.05, 0) is 37.1 Å². The minimum Gasteiger partial charge on any atom is -0.487 e. The monoisotopic (exact) mass is 334 g/mol. The van der Waals surface area contributed by atoms with Crippen LogP contribution >= 0.6 is 11.6 Å². The predicted octanol–water partition coefficient (Wildman–Crippen LogP) is 3.56. The number of amides is 1. The molecule has 0 spiro atoms. The van der Waals surface area contributed by atoms with Gasteiger partial charge in [-0.2, -0.15) is 0 Å². The number of halogens is 2. The molecule has 0 saturated carbocycles. The molecule has 0 N–H and O–H groups in total. The van der Waals surface area contributed by atoms with Crippen LogP contribution in [-0.4, -0.2) is 35.0 Å². The second kappa shape index (κ2) is 6.96. The van der Waals surface area contributed by atoms with Crippen molar-refractivity contribution >= 4 is 17.5 Å². The summed E-state index contributed by atoms with van der Waals surface area (Å²) in [5.74, 6) is 0.107. The van der Waals surface area contributed by atoms with Gasteiger partial charge in [0, 0.05) is 30.6 Å². The smallest absolute Gasteiger partial charge is 0.253 e. The second-order valence-corrected chi connectivity index (χ2v) is 5.85. The summed E-state index contributed by atoms with van der Waals surface area (Å²) < 4.78 is 18.9. The van der Waals surface area contributed by atoms with Gasteiger partial charge < -0.3 is 9.64 Å². The SMILES string of the molecule is O=C(c1ccc(F)cc1)N1CCC[C@H](Oc2ccncc2Cl)C1. The van der Waals surface area contributed by atoms with Crippen molar-refractivity contribution in [3.63, 3.8) is 0 Å². The van der Waals surface area contributed by atoms with Crippen molar-refractivity contribution in [2.45, 2.75) is 18.9 Å². The molecule has 2 aromatic rings. The molecular formula is C17H16ClFN2O2. The molecule has 1 fully saturated rings. The van der Waals surface area contributed by atoms with Gasteiger partial charge in [0.05, 0.1) is 6.54 Å².